The van der Waals surface area contributed by atoms with Crippen LogP contribution in [-0.4, -0.2) is 42.8 Å². The number of ketones is 2. The Morgan fingerprint density at radius 1 is 0.730 bits per heavy atom. The van der Waals surface area contributed by atoms with E-state index in [9.17, 15) is 22.8 Å². The van der Waals surface area contributed by atoms with E-state index >= 15 is 0 Å². The number of carbonyl (C=O) groups excluding carboxylic acids is 3. The van der Waals surface area contributed by atoms with Crippen molar-refractivity contribution in [1.29, 1.82) is 0 Å². The Morgan fingerprint density at radius 2 is 1.30 bits per heavy atom. The number of anilines is 1. The lowest BCUT2D eigenvalue weighted by Crippen LogP contribution is -2.55. The van der Waals surface area contributed by atoms with Crippen LogP contribution in [0.4, 0.5) is 5.69 Å². The molecule has 1 N–H and O–H groups in total. The summed E-state index contributed by atoms with van der Waals surface area (Å²) in [7, 11) is -4.34. The zero-order valence-electron chi connectivity index (χ0n) is 19.6. The fourth-order valence-electron chi connectivity index (χ4n) is 4.42. The topological polar surface area (TPSA) is 101 Å². The smallest absolute Gasteiger partial charge is 0.245 e. The van der Waals surface area contributed by atoms with Crippen molar-refractivity contribution in [3.05, 3.63) is 120 Å². The number of hydrogen-bond donors (Lipinski definition) is 1. The number of carbonyl (C=O) groups is 3. The maximum atomic E-state index is 13.6. The molecule has 1 aliphatic rings. The second-order valence-corrected chi connectivity index (χ2v) is 10.4. The molecule has 4 aromatic carbocycles. The van der Waals surface area contributed by atoms with Crippen molar-refractivity contribution in [2.24, 2.45) is 0 Å². The third kappa shape index (κ3) is 4.60. The fraction of sp³-hybridized carbons (Fsp3) is 0.0690. The van der Waals surface area contributed by atoms with E-state index < -0.39 is 40.1 Å². The molecule has 5 rings (SSSR count). The van der Waals surface area contributed by atoms with Crippen molar-refractivity contribution in [1.82, 2.24) is 4.31 Å². The van der Waals surface area contributed by atoms with Gasteiger partial charge in [-0.1, -0.05) is 91.0 Å². The molecule has 0 aliphatic carbocycles. The molecule has 7 nitrogen and oxygen atoms in total. The third-order valence-electron chi connectivity index (χ3n) is 6.17. The number of rotatable bonds is 6. The van der Waals surface area contributed by atoms with E-state index in [1.165, 1.54) is 30.3 Å². The van der Waals surface area contributed by atoms with Crippen molar-refractivity contribution in [3.63, 3.8) is 0 Å². The maximum Gasteiger partial charge on any atom is 0.245 e. The van der Waals surface area contributed by atoms with Crippen molar-refractivity contribution in [2.45, 2.75) is 10.9 Å². The molecule has 1 atom stereocenters. The number of hydrogen-bond acceptors (Lipinski definition) is 5. The highest BCUT2D eigenvalue weighted by Crippen LogP contribution is 2.32. The highest BCUT2D eigenvalue weighted by atomic mass is 32.2. The van der Waals surface area contributed by atoms with Gasteiger partial charge in [0.2, 0.25) is 15.9 Å². The minimum absolute atomic E-state index is 0.0668. The molecule has 1 heterocycles. The largest absolute Gasteiger partial charge is 0.324 e. The second-order valence-electron chi connectivity index (χ2n) is 8.50. The molecule has 8 heteroatoms. The normalized spacial score (nSPS) is 16.5. The highest BCUT2D eigenvalue weighted by Gasteiger charge is 2.48. The molecular weight excluding hydrogens is 488 g/mol. The van der Waals surface area contributed by atoms with Gasteiger partial charge >= 0.3 is 0 Å². The predicted molar refractivity (Wildman–Crippen MR) is 140 cm³/mol. The summed E-state index contributed by atoms with van der Waals surface area (Å²) >= 11 is 0. The standard InChI is InChI=1S/C29H22N2O5S/c32-26(30-24-17-9-7-15-22(24)20-11-3-1-4-12-20)19-31-27(28(33)21-13-5-2-6-14-21)29(34)23-16-8-10-18-25(23)37(31,35)36/h1-18,27H,19H2,(H,30,32). The van der Waals surface area contributed by atoms with Gasteiger partial charge in [-0.25, -0.2) is 8.42 Å². The molecular formula is C29H22N2O5S. The number of benzene rings is 4. The molecule has 1 amide bonds. The lowest BCUT2D eigenvalue weighted by molar-refractivity contribution is -0.116. The lowest BCUT2D eigenvalue weighted by Gasteiger charge is -2.33. The Balaban J connectivity index is 1.52. The Hall–Kier alpha value is -4.40. The van der Waals surface area contributed by atoms with E-state index in [4.69, 9.17) is 0 Å². The van der Waals surface area contributed by atoms with Crippen LogP contribution < -0.4 is 5.32 Å². The summed E-state index contributed by atoms with van der Waals surface area (Å²) in [4.78, 5) is 39.9. The summed E-state index contributed by atoms with van der Waals surface area (Å²) in [5.74, 6) is -2.04. The fourth-order valence-corrected chi connectivity index (χ4v) is 6.12. The summed E-state index contributed by atoms with van der Waals surface area (Å²) in [5.41, 5.74) is 2.20. The molecule has 0 radical (unpaired) electrons. The Bertz CT molecular complexity index is 1600. The first-order chi connectivity index (χ1) is 17.9. The van der Waals surface area contributed by atoms with Gasteiger partial charge in [-0.2, -0.15) is 4.31 Å². The number of nitrogens with zero attached hydrogens (tertiary/aromatic N) is 1. The number of fused-ring (bicyclic) bond motifs is 1. The van der Waals surface area contributed by atoms with Gasteiger partial charge in [-0.15, -0.1) is 0 Å². The van der Waals surface area contributed by atoms with Crippen LogP contribution in [0.2, 0.25) is 0 Å². The van der Waals surface area contributed by atoms with Crippen LogP contribution in [0.3, 0.4) is 0 Å². The number of para-hydroxylation sites is 1. The Kier molecular flexibility index (Phi) is 6.52. The molecule has 0 saturated heterocycles. The van der Waals surface area contributed by atoms with E-state index in [-0.39, 0.29) is 16.0 Å². The zero-order chi connectivity index (χ0) is 26.0. The molecule has 4 aromatic rings. The van der Waals surface area contributed by atoms with E-state index in [0.29, 0.717) is 9.99 Å². The number of nitrogens with one attached hydrogen (secondary N) is 1. The average Bonchev–Trinajstić information content (AvgIpc) is 2.93. The Morgan fingerprint density at radius 3 is 2.00 bits per heavy atom. The summed E-state index contributed by atoms with van der Waals surface area (Å²) < 4.78 is 27.9. The quantitative estimate of drug-likeness (QED) is 0.306. The van der Waals surface area contributed by atoms with Crippen LogP contribution in [0.25, 0.3) is 11.1 Å². The van der Waals surface area contributed by atoms with E-state index in [1.807, 2.05) is 42.5 Å². The van der Waals surface area contributed by atoms with Gasteiger partial charge < -0.3 is 5.32 Å². The highest BCUT2D eigenvalue weighted by molar-refractivity contribution is 7.89. The summed E-state index contributed by atoms with van der Waals surface area (Å²) in [6.45, 7) is -0.714. The molecule has 37 heavy (non-hydrogen) atoms. The van der Waals surface area contributed by atoms with E-state index in [2.05, 4.69) is 5.32 Å². The summed E-state index contributed by atoms with van der Waals surface area (Å²) in [6.07, 6.45) is 0. The molecule has 0 bridgehead atoms. The molecule has 1 aliphatic heterocycles. The van der Waals surface area contributed by atoms with Gasteiger partial charge in [0.05, 0.1) is 11.4 Å². The molecule has 184 valence electrons. The number of sulfonamides is 1. The van der Waals surface area contributed by atoms with Crippen molar-refractivity contribution in [2.75, 3.05) is 11.9 Å². The lowest BCUT2D eigenvalue weighted by atomic mass is 9.96. The SMILES string of the molecule is O=C(CN1C(C(=O)c2ccccc2)C(=O)c2ccccc2S1(=O)=O)Nc1ccccc1-c1ccccc1. The van der Waals surface area contributed by atoms with Gasteiger partial charge in [-0.05, 0) is 23.8 Å². The Labute approximate surface area is 214 Å². The first-order valence-electron chi connectivity index (χ1n) is 11.6. The molecule has 1 unspecified atom stereocenters. The van der Waals surface area contributed by atoms with Gasteiger partial charge in [-0.3, -0.25) is 14.4 Å². The minimum atomic E-state index is -4.34. The molecule has 0 fully saturated rings. The van der Waals surface area contributed by atoms with Gasteiger partial charge in [0.25, 0.3) is 0 Å². The summed E-state index contributed by atoms with van der Waals surface area (Å²) in [5, 5.41) is 2.76. The van der Waals surface area contributed by atoms with Crippen molar-refractivity contribution in [3.8, 4) is 11.1 Å². The van der Waals surface area contributed by atoms with E-state index in [0.717, 1.165) is 11.1 Å². The van der Waals surface area contributed by atoms with Gasteiger partial charge in [0, 0.05) is 22.4 Å². The predicted octanol–water partition coefficient (Wildman–Crippen LogP) is 4.43. The van der Waals surface area contributed by atoms with Crippen LogP contribution in [0.5, 0.6) is 0 Å². The van der Waals surface area contributed by atoms with Crippen molar-refractivity contribution < 1.29 is 22.8 Å². The van der Waals surface area contributed by atoms with Crippen LogP contribution in [0.15, 0.2) is 114 Å². The monoisotopic (exact) mass is 510 g/mol. The molecule has 0 aromatic heterocycles. The number of amides is 1. The van der Waals surface area contributed by atoms with Crippen molar-refractivity contribution >= 4 is 33.2 Å². The van der Waals surface area contributed by atoms with Crippen LogP contribution in [-0.2, 0) is 14.8 Å². The van der Waals surface area contributed by atoms with E-state index in [1.54, 1.807) is 36.4 Å². The van der Waals surface area contributed by atoms with Gasteiger partial charge in [0.15, 0.2) is 17.6 Å². The van der Waals surface area contributed by atoms with Crippen LogP contribution in [0.1, 0.15) is 20.7 Å². The van der Waals surface area contributed by atoms with Gasteiger partial charge in [0.1, 0.15) is 0 Å². The first-order valence-corrected chi connectivity index (χ1v) is 13.0. The van der Waals surface area contributed by atoms with Crippen LogP contribution in [0, 0.1) is 0 Å². The molecule has 0 spiro atoms. The first kappa shape index (κ1) is 24.3. The van der Waals surface area contributed by atoms with Crippen LogP contribution >= 0.6 is 0 Å². The third-order valence-corrected chi connectivity index (χ3v) is 8.04. The minimum Gasteiger partial charge on any atom is -0.324 e. The zero-order valence-corrected chi connectivity index (χ0v) is 20.4. The maximum absolute atomic E-state index is 13.6. The average molecular weight is 511 g/mol. The summed E-state index contributed by atoms with van der Waals surface area (Å²) in [6, 6.07) is 28.5. The second kappa shape index (κ2) is 9.93. The molecule has 0 saturated carbocycles. The number of Topliss-reactive ketones (excluding diaryl/α,β-unsaturated/α-hetero) is 2.